The van der Waals surface area contributed by atoms with Crippen molar-refractivity contribution in [1.29, 1.82) is 0 Å². The van der Waals surface area contributed by atoms with E-state index in [-0.39, 0.29) is 4.90 Å². The maximum atomic E-state index is 13.1. The van der Waals surface area contributed by atoms with Crippen LogP contribution in [0.4, 0.5) is 0 Å². The smallest absolute Gasteiger partial charge is 0.243 e. The van der Waals surface area contributed by atoms with Gasteiger partial charge in [-0.1, -0.05) is 18.2 Å². The third kappa shape index (κ3) is 4.06. The van der Waals surface area contributed by atoms with E-state index in [9.17, 15) is 8.42 Å². The lowest BCUT2D eigenvalue weighted by Gasteiger charge is -2.23. The van der Waals surface area contributed by atoms with E-state index < -0.39 is 16.1 Å². The number of ether oxygens (including phenoxy) is 2. The lowest BCUT2D eigenvalue weighted by Crippen LogP contribution is -2.29. The number of aryl methyl sites for hydroxylation is 1. The first-order valence-corrected chi connectivity index (χ1v) is 10.5. The summed E-state index contributed by atoms with van der Waals surface area (Å²) in [4.78, 5) is 0.217. The van der Waals surface area contributed by atoms with Crippen LogP contribution in [-0.4, -0.2) is 40.1 Å². The monoisotopic (exact) mass is 403 g/mol. The predicted octanol–water partition coefficient (Wildman–Crippen LogP) is 4.15. The van der Waals surface area contributed by atoms with Gasteiger partial charge in [0.2, 0.25) is 10.0 Å². The zero-order valence-electron chi connectivity index (χ0n) is 16.5. The van der Waals surface area contributed by atoms with E-state index in [1.807, 2.05) is 44.2 Å². The SMILES string of the molecule is COCCOc1ccc(S(=O)(=O)N(C)C(C)c2cc3ccccc3o2)cc1C. The van der Waals surface area contributed by atoms with Gasteiger partial charge < -0.3 is 13.9 Å². The molecule has 0 amide bonds. The van der Waals surface area contributed by atoms with Crippen molar-refractivity contribution in [3.05, 3.63) is 59.9 Å². The molecule has 1 aromatic heterocycles. The Bertz CT molecular complexity index is 1020. The second kappa shape index (κ2) is 8.34. The van der Waals surface area contributed by atoms with Crippen molar-refractivity contribution in [2.75, 3.05) is 27.4 Å². The molecule has 0 aliphatic carbocycles. The molecule has 1 atom stereocenters. The molecule has 0 aliphatic heterocycles. The van der Waals surface area contributed by atoms with Gasteiger partial charge >= 0.3 is 0 Å². The Hall–Kier alpha value is -2.35. The first kappa shape index (κ1) is 20.4. The maximum Gasteiger partial charge on any atom is 0.243 e. The van der Waals surface area contributed by atoms with E-state index >= 15 is 0 Å². The Morgan fingerprint density at radius 3 is 2.54 bits per heavy atom. The molecule has 7 heteroatoms. The molecule has 0 saturated carbocycles. The van der Waals surface area contributed by atoms with E-state index in [1.54, 1.807) is 32.4 Å². The van der Waals surface area contributed by atoms with Crippen LogP contribution in [0.3, 0.4) is 0 Å². The van der Waals surface area contributed by atoms with Gasteiger partial charge in [0.25, 0.3) is 0 Å². The fraction of sp³-hybridized carbons (Fsp3) is 0.333. The summed E-state index contributed by atoms with van der Waals surface area (Å²) in [6, 6.07) is 13.9. The van der Waals surface area contributed by atoms with Gasteiger partial charge in [0.15, 0.2) is 0 Å². The molecule has 150 valence electrons. The second-order valence-corrected chi connectivity index (χ2v) is 8.65. The van der Waals surface area contributed by atoms with Crippen molar-refractivity contribution in [3.8, 4) is 5.75 Å². The molecule has 6 nitrogen and oxygen atoms in total. The minimum atomic E-state index is -3.70. The van der Waals surface area contributed by atoms with E-state index in [0.717, 1.165) is 16.5 Å². The summed E-state index contributed by atoms with van der Waals surface area (Å²) in [7, 11) is -0.532. The third-order valence-electron chi connectivity index (χ3n) is 4.77. The van der Waals surface area contributed by atoms with Gasteiger partial charge in [-0.25, -0.2) is 8.42 Å². The van der Waals surface area contributed by atoms with Gasteiger partial charge in [-0.2, -0.15) is 4.31 Å². The minimum Gasteiger partial charge on any atom is -0.491 e. The highest BCUT2D eigenvalue weighted by atomic mass is 32.2. The lowest BCUT2D eigenvalue weighted by molar-refractivity contribution is 0.146. The summed E-state index contributed by atoms with van der Waals surface area (Å²) in [6.07, 6.45) is 0. The number of hydrogen-bond acceptors (Lipinski definition) is 5. The van der Waals surface area contributed by atoms with Gasteiger partial charge in [0.1, 0.15) is 23.7 Å². The molecule has 3 rings (SSSR count). The van der Waals surface area contributed by atoms with Crippen LogP contribution < -0.4 is 4.74 Å². The largest absolute Gasteiger partial charge is 0.491 e. The average Bonchev–Trinajstić information content (AvgIpc) is 3.12. The Labute approximate surface area is 165 Å². The normalized spacial score (nSPS) is 13.2. The molecule has 28 heavy (non-hydrogen) atoms. The minimum absolute atomic E-state index is 0.217. The molecule has 0 radical (unpaired) electrons. The summed E-state index contributed by atoms with van der Waals surface area (Å²) in [5, 5.41) is 0.948. The van der Waals surface area contributed by atoms with E-state index in [4.69, 9.17) is 13.9 Å². The fourth-order valence-electron chi connectivity index (χ4n) is 2.94. The van der Waals surface area contributed by atoms with Gasteiger partial charge in [0, 0.05) is 19.5 Å². The first-order chi connectivity index (χ1) is 13.3. The molecule has 0 fully saturated rings. The van der Waals surface area contributed by atoms with Gasteiger partial charge in [0.05, 0.1) is 17.5 Å². The zero-order chi connectivity index (χ0) is 20.3. The summed E-state index contributed by atoms with van der Waals surface area (Å²) in [5.41, 5.74) is 1.49. The molecular formula is C21H25NO5S. The number of benzene rings is 2. The second-order valence-electron chi connectivity index (χ2n) is 6.65. The molecule has 0 N–H and O–H groups in total. The van der Waals surface area contributed by atoms with Crippen molar-refractivity contribution in [2.45, 2.75) is 24.8 Å². The fourth-order valence-corrected chi connectivity index (χ4v) is 4.36. The molecule has 3 aromatic rings. The van der Waals surface area contributed by atoms with Crippen molar-refractivity contribution in [3.63, 3.8) is 0 Å². The summed E-state index contributed by atoms with van der Waals surface area (Å²) >= 11 is 0. The number of sulfonamides is 1. The Balaban J connectivity index is 1.83. The number of hydrogen-bond donors (Lipinski definition) is 0. The van der Waals surface area contributed by atoms with Gasteiger partial charge in [-0.15, -0.1) is 0 Å². The number of methoxy groups -OCH3 is 1. The van der Waals surface area contributed by atoms with E-state index in [0.29, 0.717) is 24.7 Å². The Kier molecular flexibility index (Phi) is 6.07. The summed E-state index contributed by atoms with van der Waals surface area (Å²) in [5.74, 6) is 1.24. The number of para-hydroxylation sites is 1. The van der Waals surface area contributed by atoms with Gasteiger partial charge in [-0.05, 0) is 49.7 Å². The first-order valence-electron chi connectivity index (χ1n) is 9.03. The van der Waals surface area contributed by atoms with Crippen LogP contribution in [0.15, 0.2) is 57.8 Å². The molecule has 0 aliphatic rings. The maximum absolute atomic E-state index is 13.1. The van der Waals surface area contributed by atoms with Crippen LogP contribution in [0.25, 0.3) is 11.0 Å². The molecule has 0 bridgehead atoms. The summed E-state index contributed by atoms with van der Waals surface area (Å²) in [6.45, 7) is 4.51. The van der Waals surface area contributed by atoms with Crippen LogP contribution in [0.5, 0.6) is 5.75 Å². The average molecular weight is 404 g/mol. The standard InChI is InChI=1S/C21H25NO5S/c1-15-13-18(9-10-19(15)26-12-11-25-4)28(23,24)22(3)16(2)21-14-17-7-5-6-8-20(17)27-21/h5-10,13-14,16H,11-12H2,1-4H3. The number of nitrogens with zero attached hydrogens (tertiary/aromatic N) is 1. The predicted molar refractivity (Wildman–Crippen MR) is 108 cm³/mol. The molecule has 0 spiro atoms. The van der Waals surface area contributed by atoms with Crippen LogP contribution >= 0.6 is 0 Å². The van der Waals surface area contributed by atoms with Crippen molar-refractivity contribution in [1.82, 2.24) is 4.31 Å². The van der Waals surface area contributed by atoms with E-state index in [1.165, 1.54) is 4.31 Å². The molecule has 1 unspecified atom stereocenters. The van der Waals surface area contributed by atoms with Crippen LogP contribution in [-0.2, 0) is 14.8 Å². The van der Waals surface area contributed by atoms with Crippen molar-refractivity contribution in [2.24, 2.45) is 0 Å². The molecule has 0 saturated heterocycles. The molecule has 1 heterocycles. The van der Waals surface area contributed by atoms with Crippen molar-refractivity contribution >= 4 is 21.0 Å². The molecule has 2 aromatic carbocycles. The third-order valence-corrected chi connectivity index (χ3v) is 6.69. The topological polar surface area (TPSA) is 69.0 Å². The number of furan rings is 1. The number of rotatable bonds is 8. The van der Waals surface area contributed by atoms with Crippen LogP contribution in [0, 0.1) is 6.92 Å². The summed E-state index contributed by atoms with van der Waals surface area (Å²) < 4.78 is 44.0. The quantitative estimate of drug-likeness (QED) is 0.529. The Morgan fingerprint density at radius 1 is 1.11 bits per heavy atom. The lowest BCUT2D eigenvalue weighted by atomic mass is 10.2. The highest BCUT2D eigenvalue weighted by molar-refractivity contribution is 7.89. The highest BCUT2D eigenvalue weighted by Gasteiger charge is 2.28. The molecular weight excluding hydrogens is 378 g/mol. The van der Waals surface area contributed by atoms with Crippen molar-refractivity contribution < 1.29 is 22.3 Å². The Morgan fingerprint density at radius 2 is 1.86 bits per heavy atom. The number of fused-ring (bicyclic) bond motifs is 1. The van der Waals surface area contributed by atoms with E-state index in [2.05, 4.69) is 0 Å². The van der Waals surface area contributed by atoms with Crippen LogP contribution in [0.1, 0.15) is 24.3 Å². The van der Waals surface area contributed by atoms with Crippen LogP contribution in [0.2, 0.25) is 0 Å². The zero-order valence-corrected chi connectivity index (χ0v) is 17.3. The highest BCUT2D eigenvalue weighted by Crippen LogP contribution is 2.31. The van der Waals surface area contributed by atoms with Gasteiger partial charge in [-0.3, -0.25) is 0 Å².